The molecule has 0 saturated heterocycles. The van der Waals surface area contributed by atoms with E-state index in [-0.39, 0.29) is 4.21 Å². The first-order chi connectivity index (χ1) is 10.9. The fourth-order valence-corrected chi connectivity index (χ4v) is 4.51. The van der Waals surface area contributed by atoms with E-state index in [1.807, 2.05) is 32.9 Å². The number of anilines is 1. The first-order valence-electron chi connectivity index (χ1n) is 6.99. The molecule has 2 heterocycles. The largest absolute Gasteiger partial charge is 0.355 e. The third kappa shape index (κ3) is 3.16. The molecule has 3 aromatic rings. The van der Waals surface area contributed by atoms with Crippen LogP contribution in [0.25, 0.3) is 10.6 Å². The summed E-state index contributed by atoms with van der Waals surface area (Å²) in [6.45, 7) is 5.66. The molecule has 120 valence electrons. The van der Waals surface area contributed by atoms with Crippen molar-refractivity contribution in [3.63, 3.8) is 0 Å². The van der Waals surface area contributed by atoms with Crippen LogP contribution in [-0.4, -0.2) is 13.6 Å². The summed E-state index contributed by atoms with van der Waals surface area (Å²) in [4.78, 5) is 0.729. The highest BCUT2D eigenvalue weighted by atomic mass is 32.2. The van der Waals surface area contributed by atoms with Crippen molar-refractivity contribution in [1.82, 2.24) is 5.16 Å². The predicted octanol–water partition coefficient (Wildman–Crippen LogP) is 4.13. The van der Waals surface area contributed by atoms with E-state index < -0.39 is 10.0 Å². The lowest BCUT2D eigenvalue weighted by molar-refractivity contribution is 0.428. The van der Waals surface area contributed by atoms with Gasteiger partial charge in [-0.25, -0.2) is 8.42 Å². The average molecular weight is 348 g/mol. The lowest BCUT2D eigenvalue weighted by Crippen LogP contribution is -2.12. The molecule has 1 N–H and O–H groups in total. The standard InChI is InChI=1S/C16H16N2O3S2/c1-10-5-4-6-13(12(10)3)18-23(19,20)16-8-7-15(22-16)14-9-11(2)17-21-14/h4-9,18H,1-3H3. The van der Waals surface area contributed by atoms with Crippen LogP contribution in [-0.2, 0) is 10.0 Å². The Labute approximate surface area is 139 Å². The molecule has 0 atom stereocenters. The molecule has 0 aliphatic carbocycles. The zero-order valence-corrected chi connectivity index (χ0v) is 14.6. The number of thiophene rings is 1. The van der Waals surface area contributed by atoms with Gasteiger partial charge in [-0.05, 0) is 50.1 Å². The number of hydrogen-bond donors (Lipinski definition) is 1. The van der Waals surface area contributed by atoms with Gasteiger partial charge in [-0.2, -0.15) is 0 Å². The molecule has 0 spiro atoms. The van der Waals surface area contributed by atoms with Gasteiger partial charge in [0.05, 0.1) is 16.3 Å². The number of rotatable bonds is 4. The molecule has 23 heavy (non-hydrogen) atoms. The molecule has 3 rings (SSSR count). The van der Waals surface area contributed by atoms with Gasteiger partial charge < -0.3 is 4.52 Å². The van der Waals surface area contributed by atoms with Crippen molar-refractivity contribution in [2.24, 2.45) is 0 Å². The summed E-state index contributed by atoms with van der Waals surface area (Å²) in [6, 6.07) is 10.6. The van der Waals surface area contributed by atoms with E-state index in [4.69, 9.17) is 4.52 Å². The number of aryl methyl sites for hydroxylation is 2. The molecule has 0 amide bonds. The number of aromatic nitrogens is 1. The van der Waals surface area contributed by atoms with Crippen LogP contribution in [0, 0.1) is 20.8 Å². The molecule has 0 aliphatic heterocycles. The highest BCUT2D eigenvalue weighted by Gasteiger charge is 2.19. The van der Waals surface area contributed by atoms with Crippen LogP contribution in [0.3, 0.4) is 0 Å². The summed E-state index contributed by atoms with van der Waals surface area (Å²) in [6.07, 6.45) is 0. The Morgan fingerprint density at radius 1 is 1.13 bits per heavy atom. The van der Waals surface area contributed by atoms with Gasteiger partial charge in [-0.1, -0.05) is 17.3 Å². The van der Waals surface area contributed by atoms with Gasteiger partial charge in [-0.3, -0.25) is 4.72 Å². The third-order valence-electron chi connectivity index (χ3n) is 3.57. The van der Waals surface area contributed by atoms with E-state index >= 15 is 0 Å². The van der Waals surface area contributed by atoms with Crippen molar-refractivity contribution in [3.05, 3.63) is 53.2 Å². The van der Waals surface area contributed by atoms with Crippen LogP contribution in [0.2, 0.25) is 0 Å². The van der Waals surface area contributed by atoms with E-state index in [1.54, 1.807) is 24.3 Å². The molecule has 1 aromatic carbocycles. The first kappa shape index (κ1) is 15.8. The zero-order chi connectivity index (χ0) is 16.6. The number of nitrogens with one attached hydrogen (secondary N) is 1. The minimum absolute atomic E-state index is 0.238. The molecular weight excluding hydrogens is 332 g/mol. The zero-order valence-electron chi connectivity index (χ0n) is 13.0. The molecule has 7 heteroatoms. The van der Waals surface area contributed by atoms with Crippen molar-refractivity contribution in [1.29, 1.82) is 0 Å². The normalized spacial score (nSPS) is 11.6. The second-order valence-corrected chi connectivity index (χ2v) is 8.30. The smallest absolute Gasteiger partial charge is 0.271 e. The van der Waals surface area contributed by atoms with E-state index in [2.05, 4.69) is 9.88 Å². The molecule has 0 radical (unpaired) electrons. The van der Waals surface area contributed by atoms with Crippen LogP contribution < -0.4 is 4.72 Å². The minimum atomic E-state index is -3.63. The molecule has 0 fully saturated rings. The number of sulfonamides is 1. The number of hydrogen-bond acceptors (Lipinski definition) is 5. The highest BCUT2D eigenvalue weighted by molar-refractivity contribution is 7.94. The van der Waals surface area contributed by atoms with Crippen molar-refractivity contribution < 1.29 is 12.9 Å². The van der Waals surface area contributed by atoms with Crippen LogP contribution in [0.4, 0.5) is 5.69 Å². The molecule has 0 unspecified atom stereocenters. The van der Waals surface area contributed by atoms with Gasteiger partial charge in [0.1, 0.15) is 4.21 Å². The first-order valence-corrected chi connectivity index (χ1v) is 9.29. The molecular formula is C16H16N2O3S2. The average Bonchev–Trinajstić information content (AvgIpc) is 3.12. The highest BCUT2D eigenvalue weighted by Crippen LogP contribution is 2.32. The Kier molecular flexibility index (Phi) is 3.99. The fraction of sp³-hybridized carbons (Fsp3) is 0.188. The monoisotopic (exact) mass is 348 g/mol. The van der Waals surface area contributed by atoms with Crippen LogP contribution in [0.1, 0.15) is 16.8 Å². The summed E-state index contributed by atoms with van der Waals surface area (Å²) < 4.78 is 33.2. The second kappa shape index (κ2) is 5.82. The molecule has 0 bridgehead atoms. The summed E-state index contributed by atoms with van der Waals surface area (Å²) in [7, 11) is -3.63. The SMILES string of the molecule is Cc1cc(-c2ccc(S(=O)(=O)Nc3cccc(C)c3C)s2)on1. The predicted molar refractivity (Wildman–Crippen MR) is 91.3 cm³/mol. The Balaban J connectivity index is 1.91. The summed E-state index contributed by atoms with van der Waals surface area (Å²) in [5.41, 5.74) is 3.30. The molecule has 5 nitrogen and oxygen atoms in total. The topological polar surface area (TPSA) is 72.2 Å². The maximum absolute atomic E-state index is 12.6. The summed E-state index contributed by atoms with van der Waals surface area (Å²) >= 11 is 1.15. The quantitative estimate of drug-likeness (QED) is 0.769. The third-order valence-corrected chi connectivity index (χ3v) is 6.52. The Hall–Kier alpha value is -2.12. The lowest BCUT2D eigenvalue weighted by Gasteiger charge is -2.10. The van der Waals surface area contributed by atoms with Crippen molar-refractivity contribution in [2.75, 3.05) is 4.72 Å². The second-order valence-electron chi connectivity index (χ2n) is 5.30. The van der Waals surface area contributed by atoms with Gasteiger partial charge >= 0.3 is 0 Å². The Bertz CT molecular complexity index is 955. The summed E-state index contributed by atoms with van der Waals surface area (Å²) in [5.74, 6) is 0.570. The van der Waals surface area contributed by atoms with Gasteiger partial charge in [0.2, 0.25) is 0 Å². The maximum atomic E-state index is 12.6. The van der Waals surface area contributed by atoms with Crippen LogP contribution in [0.5, 0.6) is 0 Å². The van der Waals surface area contributed by atoms with E-state index in [0.29, 0.717) is 11.4 Å². The van der Waals surface area contributed by atoms with E-state index in [1.165, 1.54) is 0 Å². The van der Waals surface area contributed by atoms with E-state index in [0.717, 1.165) is 33.0 Å². The Morgan fingerprint density at radius 2 is 1.91 bits per heavy atom. The van der Waals surface area contributed by atoms with Crippen molar-refractivity contribution >= 4 is 27.0 Å². The van der Waals surface area contributed by atoms with Crippen molar-refractivity contribution in [3.8, 4) is 10.6 Å². The van der Waals surface area contributed by atoms with Gasteiger partial charge in [0, 0.05) is 6.07 Å². The lowest BCUT2D eigenvalue weighted by atomic mass is 10.1. The van der Waals surface area contributed by atoms with Crippen LogP contribution >= 0.6 is 11.3 Å². The van der Waals surface area contributed by atoms with Gasteiger partial charge in [0.25, 0.3) is 10.0 Å². The maximum Gasteiger partial charge on any atom is 0.271 e. The summed E-state index contributed by atoms with van der Waals surface area (Å²) in [5, 5.41) is 3.82. The van der Waals surface area contributed by atoms with Crippen molar-refractivity contribution in [2.45, 2.75) is 25.0 Å². The van der Waals surface area contributed by atoms with Gasteiger partial charge in [-0.15, -0.1) is 11.3 Å². The van der Waals surface area contributed by atoms with Crippen LogP contribution in [0.15, 0.2) is 45.1 Å². The fourth-order valence-electron chi connectivity index (χ4n) is 2.13. The number of benzene rings is 1. The number of nitrogens with zero attached hydrogens (tertiary/aromatic N) is 1. The van der Waals surface area contributed by atoms with E-state index in [9.17, 15) is 8.42 Å². The molecule has 0 aliphatic rings. The Morgan fingerprint density at radius 3 is 2.61 bits per heavy atom. The minimum Gasteiger partial charge on any atom is -0.355 e. The molecule has 2 aromatic heterocycles. The van der Waals surface area contributed by atoms with Gasteiger partial charge in [0.15, 0.2) is 5.76 Å². The molecule has 0 saturated carbocycles.